The monoisotopic (exact) mass is 286 g/mol. The molecule has 21 heavy (non-hydrogen) atoms. The predicted octanol–water partition coefficient (Wildman–Crippen LogP) is 2.22. The maximum Gasteiger partial charge on any atom is 0.329 e. The van der Waals surface area contributed by atoms with Crippen LogP contribution in [-0.2, 0) is 16.0 Å². The summed E-state index contributed by atoms with van der Waals surface area (Å²) in [4.78, 5) is 26.0. The molecule has 5 nitrogen and oxygen atoms in total. The number of aromatic nitrogens is 1. The van der Waals surface area contributed by atoms with Crippen LogP contribution in [0.5, 0.6) is 0 Å². The summed E-state index contributed by atoms with van der Waals surface area (Å²) in [6.45, 7) is 0. The zero-order valence-corrected chi connectivity index (χ0v) is 11.7. The average Bonchev–Trinajstić information content (AvgIpc) is 3.13. The average molecular weight is 286 g/mol. The molecule has 1 aromatic heterocycles. The molecular formula is C16H18N2O3. The van der Waals surface area contributed by atoms with E-state index in [2.05, 4.69) is 16.4 Å². The van der Waals surface area contributed by atoms with Gasteiger partial charge in [0.25, 0.3) is 0 Å². The van der Waals surface area contributed by atoms with Crippen LogP contribution in [0.4, 0.5) is 0 Å². The van der Waals surface area contributed by atoms with Crippen LogP contribution < -0.4 is 5.32 Å². The van der Waals surface area contributed by atoms with Gasteiger partial charge in [-0.15, -0.1) is 0 Å². The summed E-state index contributed by atoms with van der Waals surface area (Å²) < 4.78 is 0. The Morgan fingerprint density at radius 1 is 1.29 bits per heavy atom. The molecule has 0 aliphatic heterocycles. The number of aryl methyl sites for hydroxylation is 1. The fraction of sp³-hybridized carbons (Fsp3) is 0.375. The number of amides is 1. The minimum Gasteiger partial charge on any atom is -0.480 e. The molecule has 110 valence electrons. The SMILES string of the molecule is O=C(CCCc1c[nH]c2ccccc12)NC1(C(=O)O)CC1. The fourth-order valence-electron chi connectivity index (χ4n) is 2.62. The number of carbonyl (C=O) groups excluding carboxylic acids is 1. The lowest BCUT2D eigenvalue weighted by molar-refractivity contribution is -0.143. The van der Waals surface area contributed by atoms with Crippen molar-refractivity contribution in [3.8, 4) is 0 Å². The van der Waals surface area contributed by atoms with E-state index < -0.39 is 11.5 Å². The number of hydrogen-bond donors (Lipinski definition) is 3. The van der Waals surface area contributed by atoms with Crippen molar-refractivity contribution in [3.05, 3.63) is 36.0 Å². The van der Waals surface area contributed by atoms with Crippen molar-refractivity contribution < 1.29 is 14.7 Å². The molecule has 2 aromatic rings. The first-order valence-corrected chi connectivity index (χ1v) is 7.20. The lowest BCUT2D eigenvalue weighted by atomic mass is 10.1. The standard InChI is InChI=1S/C16H18N2O3/c19-14(18-16(8-9-16)15(20)21)7-3-4-11-10-17-13-6-2-1-5-12(11)13/h1-2,5-6,10,17H,3-4,7-9H2,(H,18,19)(H,20,21). The number of carboxylic acids is 1. The van der Waals surface area contributed by atoms with Crippen molar-refractivity contribution >= 4 is 22.8 Å². The van der Waals surface area contributed by atoms with E-state index >= 15 is 0 Å². The molecule has 5 heteroatoms. The van der Waals surface area contributed by atoms with Gasteiger partial charge in [0.2, 0.25) is 5.91 Å². The molecule has 1 fully saturated rings. The van der Waals surface area contributed by atoms with E-state index in [1.54, 1.807) is 0 Å². The summed E-state index contributed by atoms with van der Waals surface area (Å²) in [6.07, 6.45) is 4.92. The van der Waals surface area contributed by atoms with Crippen molar-refractivity contribution in [1.29, 1.82) is 0 Å². The van der Waals surface area contributed by atoms with Gasteiger partial charge in [-0.25, -0.2) is 4.79 Å². The minimum atomic E-state index is -0.974. The van der Waals surface area contributed by atoms with Gasteiger partial charge in [-0.3, -0.25) is 4.79 Å². The molecular weight excluding hydrogens is 268 g/mol. The maximum absolute atomic E-state index is 11.8. The zero-order valence-electron chi connectivity index (χ0n) is 11.7. The molecule has 1 aliphatic carbocycles. The highest BCUT2D eigenvalue weighted by Gasteiger charge is 2.51. The Labute approximate surface area is 122 Å². The van der Waals surface area contributed by atoms with Crippen LogP contribution >= 0.6 is 0 Å². The summed E-state index contributed by atoms with van der Waals surface area (Å²) in [5.41, 5.74) is 1.32. The number of nitrogens with one attached hydrogen (secondary N) is 2. The Kier molecular flexibility index (Phi) is 3.41. The molecule has 0 bridgehead atoms. The number of hydrogen-bond acceptors (Lipinski definition) is 2. The number of aromatic amines is 1. The molecule has 3 N–H and O–H groups in total. The summed E-state index contributed by atoms with van der Waals surface area (Å²) in [7, 11) is 0. The van der Waals surface area contributed by atoms with Crippen molar-refractivity contribution in [1.82, 2.24) is 10.3 Å². The molecule has 0 spiro atoms. The predicted molar refractivity (Wildman–Crippen MR) is 79.0 cm³/mol. The third-order valence-corrected chi connectivity index (χ3v) is 4.06. The Morgan fingerprint density at radius 2 is 2.05 bits per heavy atom. The number of carboxylic acid groups (broad SMARTS) is 1. The molecule has 0 radical (unpaired) electrons. The highest BCUT2D eigenvalue weighted by Crippen LogP contribution is 2.35. The van der Waals surface area contributed by atoms with Gasteiger partial charge >= 0.3 is 5.97 Å². The summed E-state index contributed by atoms with van der Waals surface area (Å²) in [6, 6.07) is 8.06. The van der Waals surface area contributed by atoms with Gasteiger partial charge in [0.1, 0.15) is 5.54 Å². The molecule has 0 saturated heterocycles. The van der Waals surface area contributed by atoms with Crippen LogP contribution in [0.25, 0.3) is 10.9 Å². The zero-order chi connectivity index (χ0) is 14.9. The molecule has 1 saturated carbocycles. The van der Waals surface area contributed by atoms with Crippen molar-refractivity contribution in [2.75, 3.05) is 0 Å². The first-order chi connectivity index (χ1) is 10.1. The van der Waals surface area contributed by atoms with E-state index in [0.717, 1.165) is 11.9 Å². The smallest absolute Gasteiger partial charge is 0.329 e. The summed E-state index contributed by atoms with van der Waals surface area (Å²) in [5.74, 6) is -1.10. The highest BCUT2D eigenvalue weighted by molar-refractivity contribution is 5.89. The van der Waals surface area contributed by atoms with E-state index in [9.17, 15) is 9.59 Å². The van der Waals surface area contributed by atoms with Crippen LogP contribution in [0.15, 0.2) is 30.5 Å². The van der Waals surface area contributed by atoms with E-state index in [4.69, 9.17) is 5.11 Å². The normalized spacial score (nSPS) is 15.8. The van der Waals surface area contributed by atoms with Crippen molar-refractivity contribution in [3.63, 3.8) is 0 Å². The number of aliphatic carboxylic acids is 1. The molecule has 3 rings (SSSR count). The lowest BCUT2D eigenvalue weighted by Gasteiger charge is -2.12. The van der Waals surface area contributed by atoms with Gasteiger partial charge in [-0.2, -0.15) is 0 Å². The summed E-state index contributed by atoms with van der Waals surface area (Å²) in [5, 5.41) is 12.8. The number of benzene rings is 1. The number of rotatable bonds is 6. The largest absolute Gasteiger partial charge is 0.480 e. The molecule has 0 unspecified atom stereocenters. The Bertz CT molecular complexity index is 686. The third-order valence-electron chi connectivity index (χ3n) is 4.06. The van der Waals surface area contributed by atoms with Gasteiger partial charge in [-0.1, -0.05) is 18.2 Å². The highest BCUT2D eigenvalue weighted by atomic mass is 16.4. The summed E-state index contributed by atoms with van der Waals surface area (Å²) >= 11 is 0. The second kappa shape index (κ2) is 5.24. The maximum atomic E-state index is 11.8. The van der Waals surface area contributed by atoms with E-state index in [1.165, 1.54) is 10.9 Å². The fourth-order valence-corrected chi connectivity index (χ4v) is 2.62. The topological polar surface area (TPSA) is 82.2 Å². The first kappa shape index (κ1) is 13.7. The number of para-hydroxylation sites is 1. The van der Waals surface area contributed by atoms with E-state index in [1.807, 2.05) is 24.4 Å². The molecule has 1 aromatic carbocycles. The van der Waals surface area contributed by atoms with Crippen LogP contribution in [0, 0.1) is 0 Å². The third kappa shape index (κ3) is 2.77. The number of carbonyl (C=O) groups is 2. The van der Waals surface area contributed by atoms with Crippen LogP contribution in [0.1, 0.15) is 31.2 Å². The second-order valence-corrected chi connectivity index (χ2v) is 5.65. The lowest BCUT2D eigenvalue weighted by Crippen LogP contribution is -2.42. The van der Waals surface area contributed by atoms with Gasteiger partial charge < -0.3 is 15.4 Å². The van der Waals surface area contributed by atoms with Gasteiger partial charge in [0.15, 0.2) is 0 Å². The van der Waals surface area contributed by atoms with Gasteiger partial charge in [0, 0.05) is 23.5 Å². The van der Waals surface area contributed by atoms with Crippen molar-refractivity contribution in [2.45, 2.75) is 37.6 Å². The molecule has 0 atom stereocenters. The van der Waals surface area contributed by atoms with Crippen molar-refractivity contribution in [2.24, 2.45) is 0 Å². The van der Waals surface area contributed by atoms with E-state index in [-0.39, 0.29) is 5.91 Å². The Hall–Kier alpha value is -2.30. The number of H-pyrrole nitrogens is 1. The van der Waals surface area contributed by atoms with Gasteiger partial charge in [-0.05, 0) is 37.3 Å². The second-order valence-electron chi connectivity index (χ2n) is 5.65. The van der Waals surface area contributed by atoms with Gasteiger partial charge in [0.05, 0.1) is 0 Å². The minimum absolute atomic E-state index is 0.172. The molecule has 1 aliphatic rings. The first-order valence-electron chi connectivity index (χ1n) is 7.20. The van der Waals surface area contributed by atoms with Crippen LogP contribution in [-0.4, -0.2) is 27.5 Å². The molecule has 1 heterocycles. The Morgan fingerprint density at radius 3 is 2.76 bits per heavy atom. The number of fused-ring (bicyclic) bond motifs is 1. The quantitative estimate of drug-likeness (QED) is 0.761. The van der Waals surface area contributed by atoms with E-state index in [0.29, 0.717) is 25.7 Å². The Balaban J connectivity index is 1.52. The van der Waals surface area contributed by atoms with Crippen LogP contribution in [0.3, 0.4) is 0 Å². The molecule has 1 amide bonds. The van der Waals surface area contributed by atoms with Crippen LogP contribution in [0.2, 0.25) is 0 Å².